The van der Waals surface area contributed by atoms with E-state index in [2.05, 4.69) is 31.8 Å². The maximum Gasteiger partial charge on any atom is 0.339 e. The van der Waals surface area contributed by atoms with E-state index in [1.165, 1.54) is 6.08 Å². The van der Waals surface area contributed by atoms with Crippen LogP contribution in [0.4, 0.5) is 0 Å². The highest BCUT2D eigenvalue weighted by Gasteiger charge is 2.54. The number of esters is 1. The first-order valence-electron chi connectivity index (χ1n) is 13.0. The molecule has 1 aromatic heterocycles. The number of carbonyl (C=O) groups is 2. The van der Waals surface area contributed by atoms with Gasteiger partial charge in [0.2, 0.25) is 5.79 Å². The van der Waals surface area contributed by atoms with Gasteiger partial charge in [-0.1, -0.05) is 37.6 Å². The quantitative estimate of drug-likeness (QED) is 0.334. The lowest BCUT2D eigenvalue weighted by molar-refractivity contribution is -0.196. The molecule has 8 nitrogen and oxygen atoms in total. The van der Waals surface area contributed by atoms with Gasteiger partial charge >= 0.3 is 11.9 Å². The van der Waals surface area contributed by atoms with Crippen molar-refractivity contribution in [2.45, 2.75) is 58.8 Å². The van der Waals surface area contributed by atoms with Crippen LogP contribution in [0.2, 0.25) is 0 Å². The first kappa shape index (κ1) is 27.1. The molecule has 3 aliphatic rings. The van der Waals surface area contributed by atoms with Gasteiger partial charge < -0.3 is 24.3 Å². The normalized spacial score (nSPS) is 35.1. The molecule has 3 heterocycles. The van der Waals surface area contributed by atoms with Gasteiger partial charge in [0.15, 0.2) is 0 Å². The summed E-state index contributed by atoms with van der Waals surface area (Å²) in [5.41, 5.74) is 0.674. The fourth-order valence-corrected chi connectivity index (χ4v) is 6.18. The van der Waals surface area contributed by atoms with Gasteiger partial charge in [0.1, 0.15) is 0 Å². The molecular weight excluding hydrogens is 472 g/mol. The van der Waals surface area contributed by atoms with E-state index >= 15 is 0 Å². The predicted octanol–water partition coefficient (Wildman–Crippen LogP) is 4.29. The van der Waals surface area contributed by atoms with Gasteiger partial charge in [0.05, 0.1) is 29.8 Å². The maximum atomic E-state index is 13.2. The van der Waals surface area contributed by atoms with Crippen LogP contribution in [0.5, 0.6) is 0 Å². The summed E-state index contributed by atoms with van der Waals surface area (Å²) in [7, 11) is 1.82. The van der Waals surface area contributed by atoms with Crippen LogP contribution in [0.15, 0.2) is 53.5 Å². The van der Waals surface area contributed by atoms with E-state index in [0.29, 0.717) is 18.0 Å². The molecule has 2 N–H and O–H groups in total. The number of hydrogen-bond acceptors (Lipinski definition) is 6. The van der Waals surface area contributed by atoms with Crippen LogP contribution in [-0.2, 0) is 26.1 Å². The molecule has 2 bridgehead atoms. The number of rotatable bonds is 6. The Labute approximate surface area is 218 Å². The number of allylic oxidation sites excluding steroid dienone is 3. The van der Waals surface area contributed by atoms with Crippen LogP contribution in [0, 0.1) is 29.6 Å². The number of carboxylic acids is 1. The number of aliphatic carboxylic acids is 1. The molecule has 0 saturated heterocycles. The number of nitrogens with zero attached hydrogens (tertiary/aromatic N) is 2. The lowest BCUT2D eigenvalue weighted by Gasteiger charge is -2.42. The lowest BCUT2D eigenvalue weighted by atomic mass is 9.63. The number of aromatic nitrogens is 2. The van der Waals surface area contributed by atoms with E-state index in [-0.39, 0.29) is 35.5 Å². The summed E-state index contributed by atoms with van der Waals surface area (Å²) in [5, 5.41) is 22.1. The molecule has 8 heteroatoms. The second-order valence-corrected chi connectivity index (χ2v) is 11.0. The van der Waals surface area contributed by atoms with Gasteiger partial charge in [0.25, 0.3) is 0 Å². The van der Waals surface area contributed by atoms with Crippen molar-refractivity contribution in [2.75, 3.05) is 6.61 Å². The van der Waals surface area contributed by atoms with Crippen molar-refractivity contribution in [3.05, 3.63) is 59.2 Å². The number of hydrogen-bond donors (Lipinski definition) is 2. The molecule has 4 rings (SSSR count). The molecule has 1 aromatic rings. The topological polar surface area (TPSA) is 111 Å². The summed E-state index contributed by atoms with van der Waals surface area (Å²) in [6.45, 7) is 10.0. The van der Waals surface area contributed by atoms with E-state index < -0.39 is 29.2 Å². The Kier molecular flexibility index (Phi) is 7.36. The highest BCUT2D eigenvalue weighted by molar-refractivity contribution is 5.93. The van der Waals surface area contributed by atoms with Crippen molar-refractivity contribution in [2.24, 2.45) is 36.6 Å². The standard InChI is InChI=1S/C29H38N2O6/c1-7-36-27(34)25-14-22-20(17(2)3)9-8-18(4)21(22)13-24(28(5)10-11-29(25,35)37-28)23(26(32)33)12-19-15-31(6)16-30-19/h8,10-12,14-17,20-22,24,35H,7,9,13H2,1-6H3,(H,32,33)/b23-12+,25-14-/t20-,21+,22+,24+,28+,29-/m1/s1. The SMILES string of the molecule is CCOC(=O)/C1=C/[C@H]2[C@@H](C(C)C)CC=C(C)[C@@H]2C[C@@H](/C(=C\c2cn(C)cn2)C(=O)O)[C@]2(C)C=C[C@@]1(O)O2. The number of imidazole rings is 1. The molecule has 0 unspecified atom stereocenters. The van der Waals surface area contributed by atoms with E-state index in [1.807, 2.05) is 13.1 Å². The molecule has 0 radical (unpaired) electrons. The molecule has 0 amide bonds. The Bertz CT molecular complexity index is 1190. The molecule has 1 aliphatic carbocycles. The number of carbonyl (C=O) groups excluding carboxylic acids is 1. The van der Waals surface area contributed by atoms with E-state index in [1.54, 1.807) is 43.1 Å². The summed E-state index contributed by atoms with van der Waals surface area (Å²) in [6.07, 6.45) is 13.5. The van der Waals surface area contributed by atoms with Gasteiger partial charge in [0, 0.05) is 24.7 Å². The number of fused-ring (bicyclic) bond motifs is 3. The second-order valence-electron chi connectivity index (χ2n) is 11.0. The minimum Gasteiger partial charge on any atom is -0.478 e. The van der Waals surface area contributed by atoms with Crippen molar-refractivity contribution in [3.8, 4) is 0 Å². The van der Waals surface area contributed by atoms with Gasteiger partial charge in [-0.15, -0.1) is 0 Å². The van der Waals surface area contributed by atoms with Crippen molar-refractivity contribution in [1.29, 1.82) is 0 Å². The Morgan fingerprint density at radius 1 is 1.35 bits per heavy atom. The van der Waals surface area contributed by atoms with E-state index in [0.717, 1.165) is 12.0 Å². The number of aryl methyl sites for hydroxylation is 1. The number of ether oxygens (including phenoxy) is 2. The highest BCUT2D eigenvalue weighted by Crippen LogP contribution is 2.51. The average molecular weight is 511 g/mol. The smallest absolute Gasteiger partial charge is 0.339 e. The molecule has 2 aliphatic heterocycles. The van der Waals surface area contributed by atoms with Crippen LogP contribution in [0.25, 0.3) is 6.08 Å². The first-order chi connectivity index (χ1) is 17.4. The fraction of sp³-hybridized carbons (Fsp3) is 0.552. The third-order valence-electron chi connectivity index (χ3n) is 8.20. The third-order valence-corrected chi connectivity index (χ3v) is 8.20. The Hall–Kier alpha value is -2.97. The van der Waals surface area contributed by atoms with E-state index in [4.69, 9.17) is 9.47 Å². The Balaban J connectivity index is 1.92. The molecule has 200 valence electrons. The van der Waals surface area contributed by atoms with Crippen LogP contribution in [0.3, 0.4) is 0 Å². The van der Waals surface area contributed by atoms with Gasteiger partial charge in [-0.05, 0) is 69.4 Å². The zero-order valence-corrected chi connectivity index (χ0v) is 22.5. The Morgan fingerprint density at radius 2 is 2.08 bits per heavy atom. The van der Waals surface area contributed by atoms with Crippen LogP contribution >= 0.6 is 0 Å². The minimum absolute atomic E-state index is 0.0518. The maximum absolute atomic E-state index is 13.2. The monoisotopic (exact) mass is 510 g/mol. The summed E-state index contributed by atoms with van der Waals surface area (Å²) in [5.74, 6) is -4.03. The van der Waals surface area contributed by atoms with E-state index in [9.17, 15) is 19.8 Å². The number of aliphatic hydroxyl groups is 1. The average Bonchev–Trinajstić information content (AvgIpc) is 3.38. The molecule has 6 atom stereocenters. The second kappa shape index (κ2) is 10.1. The predicted molar refractivity (Wildman–Crippen MR) is 139 cm³/mol. The van der Waals surface area contributed by atoms with Gasteiger partial charge in [-0.3, -0.25) is 0 Å². The summed E-state index contributed by atoms with van der Waals surface area (Å²) in [4.78, 5) is 30.2. The highest BCUT2D eigenvalue weighted by atomic mass is 16.6. The minimum atomic E-state index is -2.03. The lowest BCUT2D eigenvalue weighted by Crippen LogP contribution is -2.44. The fourth-order valence-electron chi connectivity index (χ4n) is 6.18. The Morgan fingerprint density at radius 3 is 2.68 bits per heavy atom. The zero-order chi connectivity index (χ0) is 27.1. The van der Waals surface area contributed by atoms with Crippen molar-refractivity contribution in [3.63, 3.8) is 0 Å². The van der Waals surface area contributed by atoms with Crippen LogP contribution < -0.4 is 0 Å². The van der Waals surface area contributed by atoms with Gasteiger partial charge in [-0.2, -0.15) is 0 Å². The van der Waals surface area contributed by atoms with Crippen LogP contribution in [-0.4, -0.2) is 49.7 Å². The molecule has 0 saturated carbocycles. The van der Waals surface area contributed by atoms with Crippen molar-refractivity contribution < 1.29 is 29.3 Å². The zero-order valence-electron chi connectivity index (χ0n) is 22.5. The van der Waals surface area contributed by atoms with Crippen molar-refractivity contribution in [1.82, 2.24) is 9.55 Å². The molecule has 0 fully saturated rings. The van der Waals surface area contributed by atoms with Gasteiger partial charge in [-0.25, -0.2) is 14.6 Å². The van der Waals surface area contributed by atoms with Crippen molar-refractivity contribution >= 4 is 18.0 Å². The molecule has 37 heavy (non-hydrogen) atoms. The first-order valence-corrected chi connectivity index (χ1v) is 13.0. The summed E-state index contributed by atoms with van der Waals surface area (Å²) >= 11 is 0. The third kappa shape index (κ3) is 5.09. The summed E-state index contributed by atoms with van der Waals surface area (Å²) in [6, 6.07) is 0. The number of carboxylic acid groups (broad SMARTS) is 1. The molecular formula is C29H38N2O6. The molecule has 0 spiro atoms. The molecule has 0 aromatic carbocycles. The largest absolute Gasteiger partial charge is 0.478 e. The summed E-state index contributed by atoms with van der Waals surface area (Å²) < 4.78 is 13.4. The van der Waals surface area contributed by atoms with Crippen LogP contribution in [0.1, 0.15) is 53.2 Å².